The minimum Gasteiger partial charge on any atom is -0.466 e. The predicted molar refractivity (Wildman–Crippen MR) is 71.6 cm³/mol. The Bertz CT molecular complexity index is 319. The fourth-order valence-electron chi connectivity index (χ4n) is 2.86. The summed E-state index contributed by atoms with van der Waals surface area (Å²) in [5.74, 6) is 0.0918. The molecule has 0 radical (unpaired) electrons. The van der Waals surface area contributed by atoms with Gasteiger partial charge in [0.15, 0.2) is 0 Å². The summed E-state index contributed by atoms with van der Waals surface area (Å²) in [4.78, 5) is 27.9. The SMILES string of the molecule is CCOC(=O)C1CCN(C(=O)CN2CCCC2)CC1. The lowest BCUT2D eigenvalue weighted by molar-refractivity contribution is -0.151. The average Bonchev–Trinajstić information content (AvgIpc) is 2.92. The van der Waals surface area contributed by atoms with Gasteiger partial charge in [0.1, 0.15) is 0 Å². The Morgan fingerprint density at radius 2 is 1.74 bits per heavy atom. The molecule has 2 aliphatic heterocycles. The zero-order valence-corrected chi connectivity index (χ0v) is 11.8. The summed E-state index contributed by atoms with van der Waals surface area (Å²) in [6, 6.07) is 0. The number of carbonyl (C=O) groups excluding carboxylic acids is 2. The number of likely N-dealkylation sites (tertiary alicyclic amines) is 2. The number of hydrogen-bond donors (Lipinski definition) is 0. The van der Waals surface area contributed by atoms with E-state index in [2.05, 4.69) is 4.90 Å². The van der Waals surface area contributed by atoms with Gasteiger partial charge in [-0.1, -0.05) is 0 Å². The fraction of sp³-hybridized carbons (Fsp3) is 0.857. The fourth-order valence-corrected chi connectivity index (χ4v) is 2.86. The molecule has 2 saturated heterocycles. The van der Waals surface area contributed by atoms with E-state index in [1.54, 1.807) is 0 Å². The molecule has 0 unspecified atom stereocenters. The summed E-state index contributed by atoms with van der Waals surface area (Å²) in [7, 11) is 0. The second kappa shape index (κ2) is 6.89. The van der Waals surface area contributed by atoms with E-state index in [9.17, 15) is 9.59 Å². The lowest BCUT2D eigenvalue weighted by Crippen LogP contribution is -2.44. The van der Waals surface area contributed by atoms with Crippen LogP contribution in [0.3, 0.4) is 0 Å². The Balaban J connectivity index is 1.72. The smallest absolute Gasteiger partial charge is 0.309 e. The molecular weight excluding hydrogens is 244 g/mol. The maximum atomic E-state index is 12.1. The Morgan fingerprint density at radius 3 is 2.32 bits per heavy atom. The quantitative estimate of drug-likeness (QED) is 0.710. The first-order valence-corrected chi connectivity index (χ1v) is 7.37. The first-order chi connectivity index (χ1) is 9.20. The van der Waals surface area contributed by atoms with Crippen molar-refractivity contribution in [1.82, 2.24) is 9.80 Å². The van der Waals surface area contributed by atoms with Crippen LogP contribution in [0.5, 0.6) is 0 Å². The third-order valence-electron chi connectivity index (χ3n) is 4.03. The minimum atomic E-state index is -0.103. The van der Waals surface area contributed by atoms with Gasteiger partial charge in [-0.3, -0.25) is 14.5 Å². The lowest BCUT2D eigenvalue weighted by Gasteiger charge is -2.32. The van der Waals surface area contributed by atoms with Gasteiger partial charge < -0.3 is 9.64 Å². The highest BCUT2D eigenvalue weighted by molar-refractivity contribution is 5.79. The second-order valence-corrected chi connectivity index (χ2v) is 5.39. The zero-order valence-electron chi connectivity index (χ0n) is 11.8. The van der Waals surface area contributed by atoms with Crippen LogP contribution in [-0.2, 0) is 14.3 Å². The predicted octanol–water partition coefficient (Wildman–Crippen LogP) is 0.884. The molecule has 2 aliphatic rings. The van der Waals surface area contributed by atoms with E-state index < -0.39 is 0 Å². The van der Waals surface area contributed by atoms with Gasteiger partial charge in [-0.25, -0.2) is 0 Å². The maximum absolute atomic E-state index is 12.1. The third kappa shape index (κ3) is 3.93. The molecule has 2 fully saturated rings. The van der Waals surface area contributed by atoms with Gasteiger partial charge in [0.2, 0.25) is 5.91 Å². The molecule has 0 bridgehead atoms. The van der Waals surface area contributed by atoms with Gasteiger partial charge in [-0.15, -0.1) is 0 Å². The number of ether oxygens (including phenoxy) is 1. The molecule has 0 saturated carbocycles. The molecule has 0 spiro atoms. The van der Waals surface area contributed by atoms with Crippen molar-refractivity contribution in [3.05, 3.63) is 0 Å². The number of rotatable bonds is 4. The summed E-state index contributed by atoms with van der Waals surface area (Å²) in [5, 5.41) is 0. The van der Waals surface area contributed by atoms with Crippen molar-refractivity contribution in [2.75, 3.05) is 39.3 Å². The van der Waals surface area contributed by atoms with E-state index in [0.29, 0.717) is 26.2 Å². The summed E-state index contributed by atoms with van der Waals surface area (Å²) < 4.78 is 5.03. The summed E-state index contributed by atoms with van der Waals surface area (Å²) in [6.45, 7) is 6.28. The summed E-state index contributed by atoms with van der Waals surface area (Å²) >= 11 is 0. The van der Waals surface area contributed by atoms with Crippen molar-refractivity contribution in [2.24, 2.45) is 5.92 Å². The number of amides is 1. The Kier molecular flexibility index (Phi) is 5.19. The van der Waals surface area contributed by atoms with Crippen molar-refractivity contribution in [2.45, 2.75) is 32.6 Å². The Hall–Kier alpha value is -1.10. The molecule has 5 nitrogen and oxygen atoms in total. The molecule has 0 aromatic carbocycles. The van der Waals surface area contributed by atoms with Gasteiger partial charge >= 0.3 is 5.97 Å². The van der Waals surface area contributed by atoms with Crippen molar-refractivity contribution >= 4 is 11.9 Å². The molecule has 0 aliphatic carbocycles. The van der Waals surface area contributed by atoms with E-state index in [4.69, 9.17) is 4.74 Å². The molecule has 0 aromatic heterocycles. The van der Waals surface area contributed by atoms with Crippen LogP contribution in [0, 0.1) is 5.92 Å². The average molecular weight is 268 g/mol. The van der Waals surface area contributed by atoms with Crippen LogP contribution in [0.2, 0.25) is 0 Å². The molecule has 0 aromatic rings. The maximum Gasteiger partial charge on any atom is 0.309 e. The van der Waals surface area contributed by atoms with Crippen LogP contribution in [0.15, 0.2) is 0 Å². The lowest BCUT2D eigenvalue weighted by atomic mass is 9.97. The van der Waals surface area contributed by atoms with E-state index in [1.807, 2.05) is 11.8 Å². The highest BCUT2D eigenvalue weighted by Crippen LogP contribution is 2.19. The van der Waals surface area contributed by atoms with Gasteiger partial charge in [-0.05, 0) is 45.7 Å². The standard InChI is InChI=1S/C14H24N2O3/c1-2-19-14(18)12-5-9-16(10-6-12)13(17)11-15-7-3-4-8-15/h12H,2-11H2,1H3. The van der Waals surface area contributed by atoms with Crippen LogP contribution in [0.4, 0.5) is 0 Å². The molecule has 0 N–H and O–H groups in total. The summed E-state index contributed by atoms with van der Waals surface area (Å²) in [5.41, 5.74) is 0. The highest BCUT2D eigenvalue weighted by atomic mass is 16.5. The number of nitrogens with zero attached hydrogens (tertiary/aromatic N) is 2. The van der Waals surface area contributed by atoms with Crippen LogP contribution < -0.4 is 0 Å². The van der Waals surface area contributed by atoms with Crippen molar-refractivity contribution in [3.63, 3.8) is 0 Å². The zero-order chi connectivity index (χ0) is 13.7. The highest BCUT2D eigenvalue weighted by Gasteiger charge is 2.29. The molecule has 2 heterocycles. The molecule has 108 valence electrons. The van der Waals surface area contributed by atoms with Crippen LogP contribution in [0.25, 0.3) is 0 Å². The molecular formula is C14H24N2O3. The number of hydrogen-bond acceptors (Lipinski definition) is 4. The van der Waals surface area contributed by atoms with E-state index in [1.165, 1.54) is 12.8 Å². The van der Waals surface area contributed by atoms with E-state index in [0.717, 1.165) is 25.9 Å². The van der Waals surface area contributed by atoms with Crippen molar-refractivity contribution in [1.29, 1.82) is 0 Å². The monoisotopic (exact) mass is 268 g/mol. The van der Waals surface area contributed by atoms with Crippen LogP contribution >= 0.6 is 0 Å². The van der Waals surface area contributed by atoms with Gasteiger partial charge in [0.25, 0.3) is 0 Å². The topological polar surface area (TPSA) is 49.9 Å². The first-order valence-electron chi connectivity index (χ1n) is 7.37. The van der Waals surface area contributed by atoms with Gasteiger partial charge in [0, 0.05) is 13.1 Å². The second-order valence-electron chi connectivity index (χ2n) is 5.39. The van der Waals surface area contributed by atoms with E-state index >= 15 is 0 Å². The van der Waals surface area contributed by atoms with Gasteiger partial charge in [-0.2, -0.15) is 0 Å². The number of piperidine rings is 1. The van der Waals surface area contributed by atoms with Crippen molar-refractivity contribution in [3.8, 4) is 0 Å². The number of carbonyl (C=O) groups is 2. The third-order valence-corrected chi connectivity index (χ3v) is 4.03. The minimum absolute atomic E-state index is 0.0178. The molecule has 5 heteroatoms. The number of esters is 1. The molecule has 1 amide bonds. The van der Waals surface area contributed by atoms with Crippen LogP contribution in [-0.4, -0.2) is 61.0 Å². The normalized spacial score (nSPS) is 21.6. The molecule has 0 atom stereocenters. The van der Waals surface area contributed by atoms with Gasteiger partial charge in [0.05, 0.1) is 19.1 Å². The Morgan fingerprint density at radius 1 is 1.11 bits per heavy atom. The van der Waals surface area contributed by atoms with Crippen molar-refractivity contribution < 1.29 is 14.3 Å². The van der Waals surface area contributed by atoms with E-state index in [-0.39, 0.29) is 17.8 Å². The van der Waals surface area contributed by atoms with Crippen LogP contribution in [0.1, 0.15) is 32.6 Å². The first kappa shape index (κ1) is 14.3. The molecule has 2 rings (SSSR count). The largest absolute Gasteiger partial charge is 0.466 e. The molecule has 19 heavy (non-hydrogen) atoms. The Labute approximate surface area is 114 Å². The summed E-state index contributed by atoms with van der Waals surface area (Å²) in [6.07, 6.45) is 3.89.